The Morgan fingerprint density at radius 2 is 1.67 bits per heavy atom. The van der Waals surface area contributed by atoms with E-state index in [1.807, 2.05) is 12.1 Å². The number of urea groups is 1. The summed E-state index contributed by atoms with van der Waals surface area (Å²) in [5.74, 6) is 0.213. The second kappa shape index (κ2) is 5.58. The Morgan fingerprint density at radius 3 is 2.43 bits per heavy atom. The van der Waals surface area contributed by atoms with Crippen molar-refractivity contribution in [1.29, 1.82) is 0 Å². The van der Waals surface area contributed by atoms with Crippen LogP contribution in [0.5, 0.6) is 0 Å². The van der Waals surface area contributed by atoms with Crippen molar-refractivity contribution in [1.82, 2.24) is 0 Å². The Bertz CT molecular complexity index is 728. The molecular weight excluding hydrogens is 288 g/mol. The zero-order valence-corrected chi connectivity index (χ0v) is 11.9. The van der Waals surface area contributed by atoms with E-state index in [0.717, 1.165) is 11.1 Å². The molecule has 0 aliphatic heterocycles. The Labute approximate surface area is 127 Å². The number of amides is 2. The van der Waals surface area contributed by atoms with Gasteiger partial charge in [0.25, 0.3) is 0 Å². The molecule has 0 aromatic heterocycles. The van der Waals surface area contributed by atoms with Gasteiger partial charge in [-0.2, -0.15) is 0 Å². The lowest BCUT2D eigenvalue weighted by Crippen LogP contribution is -2.19. The van der Waals surface area contributed by atoms with Crippen molar-refractivity contribution in [3.05, 3.63) is 58.6 Å². The van der Waals surface area contributed by atoms with E-state index >= 15 is 0 Å². The van der Waals surface area contributed by atoms with Gasteiger partial charge in [0.1, 0.15) is 5.78 Å². The van der Waals surface area contributed by atoms with Gasteiger partial charge < -0.3 is 10.6 Å². The van der Waals surface area contributed by atoms with Crippen LogP contribution in [-0.4, -0.2) is 11.8 Å². The smallest absolute Gasteiger partial charge is 0.308 e. The van der Waals surface area contributed by atoms with Crippen molar-refractivity contribution < 1.29 is 9.59 Å². The van der Waals surface area contributed by atoms with Crippen LogP contribution in [0.3, 0.4) is 0 Å². The molecule has 0 saturated carbocycles. The number of fused-ring (bicyclic) bond motifs is 1. The molecule has 5 heteroatoms. The van der Waals surface area contributed by atoms with E-state index in [-0.39, 0.29) is 11.8 Å². The molecule has 2 N–H and O–H groups in total. The molecule has 0 spiro atoms. The van der Waals surface area contributed by atoms with E-state index in [4.69, 9.17) is 11.6 Å². The predicted octanol–water partition coefficient (Wildman–Crippen LogP) is 3.65. The Balaban J connectivity index is 1.68. The fraction of sp³-hybridized carbons (Fsp3) is 0.125. The van der Waals surface area contributed by atoms with Crippen LogP contribution in [0.4, 0.5) is 16.2 Å². The van der Waals surface area contributed by atoms with Crippen LogP contribution in [-0.2, 0) is 17.6 Å². The fourth-order valence-corrected chi connectivity index (χ4v) is 2.58. The maximum atomic E-state index is 11.9. The van der Waals surface area contributed by atoms with E-state index < -0.39 is 0 Å². The topological polar surface area (TPSA) is 58.2 Å². The van der Waals surface area contributed by atoms with E-state index in [0.29, 0.717) is 29.2 Å². The molecule has 1 aliphatic rings. The van der Waals surface area contributed by atoms with E-state index in [1.54, 1.807) is 30.3 Å². The van der Waals surface area contributed by atoms with Crippen LogP contribution in [0.25, 0.3) is 0 Å². The molecule has 0 saturated heterocycles. The predicted molar refractivity (Wildman–Crippen MR) is 83.0 cm³/mol. The van der Waals surface area contributed by atoms with Crippen LogP contribution >= 0.6 is 11.6 Å². The van der Waals surface area contributed by atoms with E-state index in [2.05, 4.69) is 10.6 Å². The van der Waals surface area contributed by atoms with Gasteiger partial charge in [-0.25, -0.2) is 4.79 Å². The fourth-order valence-electron chi connectivity index (χ4n) is 2.39. The highest BCUT2D eigenvalue weighted by Gasteiger charge is 2.18. The van der Waals surface area contributed by atoms with Gasteiger partial charge in [0.05, 0.1) is 0 Å². The summed E-state index contributed by atoms with van der Waals surface area (Å²) < 4.78 is 0. The molecule has 0 bridgehead atoms. The Morgan fingerprint density at radius 1 is 0.952 bits per heavy atom. The van der Waals surface area contributed by atoms with Gasteiger partial charge in [0.15, 0.2) is 0 Å². The minimum atomic E-state index is -0.346. The molecule has 2 aromatic rings. The molecule has 2 aromatic carbocycles. The molecule has 0 unspecified atom stereocenters. The zero-order valence-electron chi connectivity index (χ0n) is 11.2. The Hall–Kier alpha value is -2.33. The zero-order chi connectivity index (χ0) is 14.8. The van der Waals surface area contributed by atoms with Crippen molar-refractivity contribution >= 4 is 34.8 Å². The summed E-state index contributed by atoms with van der Waals surface area (Å²) in [5, 5.41) is 6.02. The second-order valence-corrected chi connectivity index (χ2v) is 5.40. The first-order valence-corrected chi connectivity index (χ1v) is 6.95. The molecule has 2 amide bonds. The minimum Gasteiger partial charge on any atom is -0.308 e. The number of nitrogens with one attached hydrogen (secondary N) is 2. The summed E-state index contributed by atoms with van der Waals surface area (Å²) in [6, 6.07) is 12.1. The van der Waals surface area contributed by atoms with Crippen LogP contribution in [0.2, 0.25) is 5.02 Å². The van der Waals surface area contributed by atoms with Crippen molar-refractivity contribution in [2.24, 2.45) is 0 Å². The first-order chi connectivity index (χ1) is 10.1. The van der Waals surface area contributed by atoms with Crippen molar-refractivity contribution in [3.8, 4) is 0 Å². The van der Waals surface area contributed by atoms with Gasteiger partial charge in [0, 0.05) is 29.2 Å². The molecule has 0 fully saturated rings. The number of halogens is 1. The van der Waals surface area contributed by atoms with Crippen LogP contribution in [0, 0.1) is 0 Å². The number of benzene rings is 2. The summed E-state index contributed by atoms with van der Waals surface area (Å²) in [6.07, 6.45) is 0.936. The second-order valence-electron chi connectivity index (χ2n) is 4.97. The van der Waals surface area contributed by atoms with Crippen molar-refractivity contribution in [3.63, 3.8) is 0 Å². The largest absolute Gasteiger partial charge is 0.323 e. The number of Topliss-reactive ketones (excluding diaryl/α,β-unsaturated/α-hetero) is 1. The average molecular weight is 301 g/mol. The molecule has 0 radical (unpaired) electrons. The number of carbonyl (C=O) groups is 2. The molecule has 106 valence electrons. The number of rotatable bonds is 2. The summed E-state index contributed by atoms with van der Waals surface area (Å²) in [6.45, 7) is 0. The Kier molecular flexibility index (Phi) is 3.62. The van der Waals surface area contributed by atoms with Gasteiger partial charge in [-0.05, 0) is 41.5 Å². The quantitative estimate of drug-likeness (QED) is 0.889. The van der Waals surface area contributed by atoms with Gasteiger partial charge in [-0.1, -0.05) is 23.7 Å². The first-order valence-electron chi connectivity index (χ1n) is 6.57. The molecule has 0 heterocycles. The molecule has 21 heavy (non-hydrogen) atoms. The maximum Gasteiger partial charge on any atom is 0.323 e. The number of carbonyl (C=O) groups excluding carboxylic acids is 2. The lowest BCUT2D eigenvalue weighted by molar-refractivity contribution is -0.117. The third kappa shape index (κ3) is 3.23. The van der Waals surface area contributed by atoms with Crippen LogP contribution < -0.4 is 10.6 Å². The van der Waals surface area contributed by atoms with Gasteiger partial charge >= 0.3 is 6.03 Å². The highest BCUT2D eigenvalue weighted by atomic mass is 35.5. The molecule has 1 aliphatic carbocycles. The van der Waals surface area contributed by atoms with Crippen LogP contribution in [0.1, 0.15) is 11.1 Å². The number of ketones is 1. The van der Waals surface area contributed by atoms with Gasteiger partial charge in [-0.15, -0.1) is 0 Å². The summed E-state index contributed by atoms with van der Waals surface area (Å²) in [4.78, 5) is 23.3. The normalized spacial score (nSPS) is 12.9. The number of hydrogen-bond donors (Lipinski definition) is 2. The first kappa shape index (κ1) is 13.6. The van der Waals surface area contributed by atoms with Gasteiger partial charge in [0.2, 0.25) is 0 Å². The van der Waals surface area contributed by atoms with Crippen molar-refractivity contribution in [2.75, 3.05) is 10.6 Å². The van der Waals surface area contributed by atoms with Crippen LogP contribution in [0.15, 0.2) is 42.5 Å². The number of anilines is 2. The maximum absolute atomic E-state index is 11.9. The highest BCUT2D eigenvalue weighted by Crippen LogP contribution is 2.23. The van der Waals surface area contributed by atoms with E-state index in [1.165, 1.54) is 0 Å². The molecular formula is C16H13ClN2O2. The standard InChI is InChI=1S/C16H13ClN2O2/c17-12-2-1-3-13(9-12)18-16(21)19-14-5-4-10-7-15(20)8-11(10)6-14/h1-6,9H,7-8H2,(H2,18,19,21). The molecule has 4 nitrogen and oxygen atoms in total. The van der Waals surface area contributed by atoms with Gasteiger partial charge in [-0.3, -0.25) is 4.79 Å². The highest BCUT2D eigenvalue weighted by molar-refractivity contribution is 6.30. The van der Waals surface area contributed by atoms with E-state index in [9.17, 15) is 9.59 Å². The summed E-state index contributed by atoms with van der Waals surface area (Å²) >= 11 is 5.86. The lowest BCUT2D eigenvalue weighted by atomic mass is 10.1. The average Bonchev–Trinajstić information content (AvgIpc) is 2.78. The lowest BCUT2D eigenvalue weighted by Gasteiger charge is -2.09. The SMILES string of the molecule is O=C1Cc2ccc(NC(=O)Nc3cccc(Cl)c3)cc2C1. The minimum absolute atomic E-state index is 0.213. The number of hydrogen-bond acceptors (Lipinski definition) is 2. The molecule has 3 rings (SSSR count). The molecule has 0 atom stereocenters. The summed E-state index contributed by atoms with van der Waals surface area (Å²) in [5.41, 5.74) is 3.32. The monoisotopic (exact) mass is 300 g/mol. The van der Waals surface area contributed by atoms with Crippen molar-refractivity contribution in [2.45, 2.75) is 12.8 Å². The third-order valence-corrected chi connectivity index (χ3v) is 3.56. The summed E-state index contributed by atoms with van der Waals surface area (Å²) in [7, 11) is 0. The third-order valence-electron chi connectivity index (χ3n) is 3.32.